The number of nitrogens with one attached hydrogen (secondary N) is 1. The van der Waals surface area contributed by atoms with Gasteiger partial charge in [-0.3, -0.25) is 15.4 Å². The largest absolute Gasteiger partial charge is 0.490 e. The predicted octanol–water partition coefficient (Wildman–Crippen LogP) is 2.13. The summed E-state index contributed by atoms with van der Waals surface area (Å²) < 4.78 is 5.38. The van der Waals surface area contributed by atoms with Gasteiger partial charge in [0, 0.05) is 12.1 Å². The van der Waals surface area contributed by atoms with Gasteiger partial charge in [0.2, 0.25) is 0 Å². The quantitative estimate of drug-likeness (QED) is 0.653. The zero-order chi connectivity index (χ0) is 13.8. The van der Waals surface area contributed by atoms with Gasteiger partial charge in [0.05, 0.1) is 11.0 Å². The molecule has 1 atom stereocenters. The molecule has 0 bridgehead atoms. The molecule has 0 aliphatic heterocycles. The maximum absolute atomic E-state index is 10.6. The van der Waals surface area contributed by atoms with Crippen molar-refractivity contribution in [3.05, 3.63) is 33.3 Å². The number of nitrogens with zero attached hydrogens (tertiary/aromatic N) is 2. The van der Waals surface area contributed by atoms with Crippen LogP contribution in [0.15, 0.2) is 18.2 Å². The van der Waals surface area contributed by atoms with Crippen LogP contribution in [0.2, 0.25) is 5.02 Å². The summed E-state index contributed by atoms with van der Waals surface area (Å²) in [5.41, 5.74) is -1.01. The van der Waals surface area contributed by atoms with E-state index in [0.717, 1.165) is 0 Å². The van der Waals surface area contributed by atoms with Gasteiger partial charge in [0.25, 0.3) is 5.69 Å². The number of nitro benzene ring substituents is 1. The summed E-state index contributed by atoms with van der Waals surface area (Å²) in [6.45, 7) is 1.79. The SMILES string of the molecule is CNC(C)(C#N)COc1ccc([N+](=O)[O-])c(Cl)c1. The van der Waals surface area contributed by atoms with Crippen molar-refractivity contribution in [1.29, 1.82) is 5.26 Å². The van der Waals surface area contributed by atoms with E-state index in [1.807, 2.05) is 0 Å². The number of likely N-dealkylation sites (N-methyl/N-ethyl adjacent to an activating group) is 1. The highest BCUT2D eigenvalue weighted by Crippen LogP contribution is 2.28. The molecular formula is C11H12ClN3O3. The van der Waals surface area contributed by atoms with Crippen LogP contribution in [0.1, 0.15) is 6.92 Å². The van der Waals surface area contributed by atoms with E-state index in [1.54, 1.807) is 14.0 Å². The molecule has 1 unspecified atom stereocenters. The molecule has 0 saturated carbocycles. The van der Waals surface area contributed by atoms with E-state index >= 15 is 0 Å². The third-order valence-corrected chi connectivity index (χ3v) is 2.74. The molecule has 1 rings (SSSR count). The van der Waals surface area contributed by atoms with Crippen LogP contribution in [-0.4, -0.2) is 24.1 Å². The average molecular weight is 270 g/mol. The Kier molecular flexibility index (Phi) is 4.48. The smallest absolute Gasteiger partial charge is 0.288 e. The second-order valence-corrected chi connectivity index (χ2v) is 4.26. The van der Waals surface area contributed by atoms with Crippen molar-refractivity contribution in [2.45, 2.75) is 12.5 Å². The molecule has 1 aromatic rings. The number of nitriles is 1. The van der Waals surface area contributed by atoms with Crippen molar-refractivity contribution >= 4 is 17.3 Å². The molecule has 0 aromatic heterocycles. The van der Waals surface area contributed by atoms with Crippen LogP contribution in [0.3, 0.4) is 0 Å². The Hall–Kier alpha value is -1.84. The van der Waals surface area contributed by atoms with Crippen molar-refractivity contribution in [3.8, 4) is 11.8 Å². The second kappa shape index (κ2) is 5.67. The average Bonchev–Trinajstić information content (AvgIpc) is 2.35. The first-order valence-corrected chi connectivity index (χ1v) is 5.46. The van der Waals surface area contributed by atoms with Gasteiger partial charge in [0.1, 0.15) is 22.9 Å². The van der Waals surface area contributed by atoms with Crippen LogP contribution in [-0.2, 0) is 0 Å². The summed E-state index contributed by atoms with van der Waals surface area (Å²) >= 11 is 5.74. The van der Waals surface area contributed by atoms with E-state index in [-0.39, 0.29) is 17.3 Å². The first-order chi connectivity index (χ1) is 8.41. The molecule has 18 heavy (non-hydrogen) atoms. The van der Waals surface area contributed by atoms with Crippen molar-refractivity contribution in [2.75, 3.05) is 13.7 Å². The zero-order valence-electron chi connectivity index (χ0n) is 9.94. The Morgan fingerprint density at radius 2 is 2.33 bits per heavy atom. The summed E-state index contributed by atoms with van der Waals surface area (Å²) in [5, 5.41) is 22.3. The van der Waals surface area contributed by atoms with Gasteiger partial charge in [-0.05, 0) is 20.0 Å². The third kappa shape index (κ3) is 3.32. The highest BCUT2D eigenvalue weighted by molar-refractivity contribution is 6.32. The highest BCUT2D eigenvalue weighted by atomic mass is 35.5. The highest BCUT2D eigenvalue weighted by Gasteiger charge is 2.22. The first kappa shape index (κ1) is 14.2. The van der Waals surface area contributed by atoms with Crippen LogP contribution in [0, 0.1) is 21.4 Å². The number of halogens is 1. The molecule has 6 nitrogen and oxygen atoms in total. The molecule has 0 amide bonds. The Balaban J connectivity index is 2.79. The molecule has 0 spiro atoms. The van der Waals surface area contributed by atoms with E-state index < -0.39 is 10.5 Å². The molecule has 1 N–H and O–H groups in total. The summed E-state index contributed by atoms with van der Waals surface area (Å²) in [4.78, 5) is 10.00. The minimum absolute atomic E-state index is 0.000573. The van der Waals surface area contributed by atoms with E-state index in [2.05, 4.69) is 11.4 Å². The Morgan fingerprint density at radius 3 is 2.78 bits per heavy atom. The molecule has 0 heterocycles. The van der Waals surface area contributed by atoms with Gasteiger partial charge in [-0.25, -0.2) is 0 Å². The second-order valence-electron chi connectivity index (χ2n) is 3.85. The zero-order valence-corrected chi connectivity index (χ0v) is 10.7. The van der Waals surface area contributed by atoms with Crippen LogP contribution >= 0.6 is 11.6 Å². The fraction of sp³-hybridized carbons (Fsp3) is 0.364. The molecule has 96 valence electrons. The number of nitro groups is 1. The lowest BCUT2D eigenvalue weighted by Crippen LogP contribution is -2.43. The lowest BCUT2D eigenvalue weighted by molar-refractivity contribution is -0.384. The van der Waals surface area contributed by atoms with E-state index in [1.165, 1.54) is 18.2 Å². The lowest BCUT2D eigenvalue weighted by atomic mass is 10.1. The Labute approximate surface area is 109 Å². The number of ether oxygens (including phenoxy) is 1. The van der Waals surface area contributed by atoms with Gasteiger partial charge in [0.15, 0.2) is 0 Å². The number of rotatable bonds is 5. The molecule has 7 heteroatoms. The Morgan fingerprint density at radius 1 is 1.67 bits per heavy atom. The van der Waals surface area contributed by atoms with Crippen molar-refractivity contribution in [2.24, 2.45) is 0 Å². The van der Waals surface area contributed by atoms with Gasteiger partial charge >= 0.3 is 0 Å². The molecular weight excluding hydrogens is 258 g/mol. The maximum Gasteiger partial charge on any atom is 0.288 e. The van der Waals surface area contributed by atoms with Crippen molar-refractivity contribution < 1.29 is 9.66 Å². The molecule has 0 saturated heterocycles. The van der Waals surface area contributed by atoms with Crippen LogP contribution in [0.5, 0.6) is 5.75 Å². The Bertz CT molecular complexity index is 501. The van der Waals surface area contributed by atoms with Crippen LogP contribution in [0.4, 0.5) is 5.69 Å². The summed E-state index contributed by atoms with van der Waals surface area (Å²) in [7, 11) is 1.65. The normalized spacial score (nSPS) is 13.4. The number of benzene rings is 1. The topological polar surface area (TPSA) is 88.2 Å². The van der Waals surface area contributed by atoms with Crippen molar-refractivity contribution in [3.63, 3.8) is 0 Å². The monoisotopic (exact) mass is 269 g/mol. The molecule has 0 fully saturated rings. The summed E-state index contributed by atoms with van der Waals surface area (Å²) in [5.74, 6) is 0.377. The minimum Gasteiger partial charge on any atom is -0.490 e. The fourth-order valence-corrected chi connectivity index (χ4v) is 1.35. The molecule has 0 aliphatic rings. The van der Waals surface area contributed by atoms with E-state index in [9.17, 15) is 10.1 Å². The van der Waals surface area contributed by atoms with E-state index in [0.29, 0.717) is 5.75 Å². The van der Waals surface area contributed by atoms with Gasteiger partial charge in [-0.15, -0.1) is 0 Å². The lowest BCUT2D eigenvalue weighted by Gasteiger charge is -2.20. The van der Waals surface area contributed by atoms with Crippen LogP contribution in [0.25, 0.3) is 0 Å². The third-order valence-electron chi connectivity index (χ3n) is 2.44. The number of hydrogen-bond donors (Lipinski definition) is 1. The molecule has 1 aromatic carbocycles. The van der Waals surface area contributed by atoms with Crippen LogP contribution < -0.4 is 10.1 Å². The summed E-state index contributed by atoms with van der Waals surface area (Å²) in [6, 6.07) is 6.13. The standard InChI is InChI=1S/C11H12ClN3O3/c1-11(6-13,14-2)7-18-8-3-4-10(15(16)17)9(12)5-8/h3-5,14H,7H2,1-2H3. The predicted molar refractivity (Wildman–Crippen MR) is 66.7 cm³/mol. The fourth-order valence-electron chi connectivity index (χ4n) is 1.11. The van der Waals surface area contributed by atoms with Gasteiger partial charge < -0.3 is 4.74 Å². The summed E-state index contributed by atoms with van der Waals surface area (Å²) in [6.07, 6.45) is 0. The molecule has 0 radical (unpaired) electrons. The van der Waals surface area contributed by atoms with Crippen molar-refractivity contribution in [1.82, 2.24) is 5.32 Å². The first-order valence-electron chi connectivity index (χ1n) is 5.09. The van der Waals surface area contributed by atoms with E-state index in [4.69, 9.17) is 21.6 Å². The van der Waals surface area contributed by atoms with Gasteiger partial charge in [-0.1, -0.05) is 11.6 Å². The minimum atomic E-state index is -0.825. The number of hydrogen-bond acceptors (Lipinski definition) is 5. The maximum atomic E-state index is 10.6. The van der Waals surface area contributed by atoms with Gasteiger partial charge in [-0.2, -0.15) is 5.26 Å². The molecule has 0 aliphatic carbocycles.